The molecule has 0 aliphatic carbocycles. The van der Waals surface area contributed by atoms with Crippen LogP contribution in [0, 0.1) is 12.7 Å². The van der Waals surface area contributed by atoms with E-state index in [0.29, 0.717) is 25.3 Å². The summed E-state index contributed by atoms with van der Waals surface area (Å²) in [5.74, 6) is -0.407. The first-order valence-electron chi connectivity index (χ1n) is 12.1. The molecule has 0 atom stereocenters. The van der Waals surface area contributed by atoms with Crippen LogP contribution in [0.3, 0.4) is 0 Å². The van der Waals surface area contributed by atoms with Crippen LogP contribution >= 0.6 is 0 Å². The highest BCUT2D eigenvalue weighted by Gasteiger charge is 2.18. The zero-order valence-corrected chi connectivity index (χ0v) is 21.3. The lowest BCUT2D eigenvalue weighted by atomic mass is 10.1. The Morgan fingerprint density at radius 2 is 1.58 bits per heavy atom. The number of aryl methyl sites for hydroxylation is 3. The Labute approximate surface area is 212 Å². The van der Waals surface area contributed by atoms with Gasteiger partial charge in [0.2, 0.25) is 5.91 Å². The molecule has 0 unspecified atom stereocenters. The van der Waals surface area contributed by atoms with E-state index in [1.165, 1.54) is 30.2 Å². The minimum absolute atomic E-state index is 0.00385. The van der Waals surface area contributed by atoms with Crippen molar-refractivity contribution in [2.75, 3.05) is 19.7 Å². The van der Waals surface area contributed by atoms with E-state index in [0.717, 1.165) is 37.5 Å². The number of benzene rings is 3. The van der Waals surface area contributed by atoms with Crippen LogP contribution in [0.15, 0.2) is 77.7 Å². The molecule has 192 valence electrons. The Bertz CT molecular complexity index is 1220. The largest absolute Gasteiger partial charge is 0.494 e. The van der Waals surface area contributed by atoms with Crippen molar-refractivity contribution in [3.05, 3.63) is 95.3 Å². The predicted molar refractivity (Wildman–Crippen MR) is 139 cm³/mol. The average Bonchev–Trinajstić information content (AvgIpc) is 2.86. The Balaban J connectivity index is 1.27. The van der Waals surface area contributed by atoms with Crippen LogP contribution in [0.5, 0.6) is 5.75 Å². The van der Waals surface area contributed by atoms with E-state index in [1.807, 2.05) is 35.1 Å². The summed E-state index contributed by atoms with van der Waals surface area (Å²) in [7, 11) is -4.08. The average molecular weight is 513 g/mol. The van der Waals surface area contributed by atoms with Gasteiger partial charge < -0.3 is 10.1 Å². The maximum atomic E-state index is 13.6. The molecule has 0 bridgehead atoms. The molecule has 0 radical (unpaired) electrons. The number of ether oxygens (including phenoxy) is 1. The zero-order valence-electron chi connectivity index (χ0n) is 20.5. The molecule has 1 amide bonds. The van der Waals surface area contributed by atoms with Gasteiger partial charge in [0.1, 0.15) is 11.6 Å². The molecule has 3 rings (SSSR count). The molecule has 0 saturated heterocycles. The van der Waals surface area contributed by atoms with Crippen molar-refractivity contribution in [3.63, 3.8) is 0 Å². The first-order valence-corrected chi connectivity index (χ1v) is 13.6. The van der Waals surface area contributed by atoms with Gasteiger partial charge in [-0.1, -0.05) is 48.5 Å². The summed E-state index contributed by atoms with van der Waals surface area (Å²) in [4.78, 5) is 11.7. The third-order valence-electron chi connectivity index (χ3n) is 5.69. The molecule has 0 fully saturated rings. The topological polar surface area (TPSA) is 84.5 Å². The van der Waals surface area contributed by atoms with Gasteiger partial charge >= 0.3 is 0 Å². The maximum Gasteiger partial charge on any atom is 0.264 e. The molecule has 0 aliphatic rings. The molecule has 0 heterocycles. The van der Waals surface area contributed by atoms with Gasteiger partial charge in [-0.2, -0.15) is 0 Å². The second kappa shape index (κ2) is 13.8. The van der Waals surface area contributed by atoms with E-state index < -0.39 is 21.7 Å². The molecule has 6 nitrogen and oxygen atoms in total. The molecule has 0 saturated carbocycles. The fourth-order valence-electron chi connectivity index (χ4n) is 3.61. The van der Waals surface area contributed by atoms with Crippen molar-refractivity contribution in [2.45, 2.75) is 43.9 Å². The highest BCUT2D eigenvalue weighted by atomic mass is 32.2. The molecule has 8 heteroatoms. The number of amides is 1. The fraction of sp³-hybridized carbons (Fsp3) is 0.321. The molecule has 3 aromatic rings. The lowest BCUT2D eigenvalue weighted by Crippen LogP contribution is -2.33. The van der Waals surface area contributed by atoms with Crippen molar-refractivity contribution in [1.82, 2.24) is 10.0 Å². The second-order valence-electron chi connectivity index (χ2n) is 8.62. The number of carbonyl (C=O) groups excluding carboxylic acids is 1. The first-order chi connectivity index (χ1) is 17.3. The van der Waals surface area contributed by atoms with Crippen LogP contribution in [-0.4, -0.2) is 34.0 Å². The summed E-state index contributed by atoms with van der Waals surface area (Å²) in [6, 6.07) is 22.0. The van der Waals surface area contributed by atoms with Gasteiger partial charge in [0.05, 0.1) is 11.5 Å². The summed E-state index contributed by atoms with van der Waals surface area (Å²) in [5.41, 5.74) is 2.85. The monoisotopic (exact) mass is 512 g/mol. The van der Waals surface area contributed by atoms with Crippen molar-refractivity contribution >= 4 is 15.9 Å². The molecule has 3 aromatic carbocycles. The molecule has 0 aliphatic heterocycles. The SMILES string of the molecule is Cc1ccc(S(=O)(=O)NC(=O)CCNCCCc2ccc(OCCCc3ccccc3)cc2)cc1F. The normalized spacial score (nSPS) is 11.3. The van der Waals surface area contributed by atoms with Crippen LogP contribution in [-0.2, 0) is 27.7 Å². The highest BCUT2D eigenvalue weighted by Crippen LogP contribution is 2.15. The summed E-state index contributed by atoms with van der Waals surface area (Å²) in [6.07, 6.45) is 3.71. The lowest BCUT2D eigenvalue weighted by molar-refractivity contribution is -0.119. The van der Waals surface area contributed by atoms with Gasteiger partial charge in [0.15, 0.2) is 0 Å². The van der Waals surface area contributed by atoms with Gasteiger partial charge in [0, 0.05) is 13.0 Å². The van der Waals surface area contributed by atoms with Crippen LogP contribution < -0.4 is 14.8 Å². The van der Waals surface area contributed by atoms with Crippen LogP contribution in [0.4, 0.5) is 4.39 Å². The molecule has 0 spiro atoms. The maximum absolute atomic E-state index is 13.6. The third-order valence-corrected chi connectivity index (χ3v) is 7.07. The minimum Gasteiger partial charge on any atom is -0.494 e. The highest BCUT2D eigenvalue weighted by molar-refractivity contribution is 7.90. The predicted octanol–water partition coefficient (Wildman–Crippen LogP) is 4.56. The van der Waals surface area contributed by atoms with Gasteiger partial charge in [-0.05, 0) is 80.1 Å². The summed E-state index contributed by atoms with van der Waals surface area (Å²) in [5, 5.41) is 3.15. The molecule has 0 aromatic heterocycles. The Morgan fingerprint density at radius 1 is 0.889 bits per heavy atom. The van der Waals surface area contributed by atoms with E-state index in [1.54, 1.807) is 0 Å². The minimum atomic E-state index is -4.08. The zero-order chi connectivity index (χ0) is 25.8. The lowest BCUT2D eigenvalue weighted by Gasteiger charge is -2.09. The molecular weight excluding hydrogens is 479 g/mol. The van der Waals surface area contributed by atoms with Gasteiger partial charge in [0.25, 0.3) is 10.0 Å². The number of rotatable bonds is 14. The number of sulfonamides is 1. The van der Waals surface area contributed by atoms with Crippen molar-refractivity contribution in [3.8, 4) is 5.75 Å². The smallest absolute Gasteiger partial charge is 0.264 e. The molecule has 36 heavy (non-hydrogen) atoms. The van der Waals surface area contributed by atoms with Gasteiger partial charge in [-0.15, -0.1) is 0 Å². The number of halogens is 1. The number of nitrogens with one attached hydrogen (secondary N) is 2. The first kappa shape index (κ1) is 27.4. The Morgan fingerprint density at radius 3 is 2.31 bits per heavy atom. The summed E-state index contributed by atoms with van der Waals surface area (Å²) < 4.78 is 45.9. The summed E-state index contributed by atoms with van der Waals surface area (Å²) in [6.45, 7) is 3.25. The molecule has 2 N–H and O–H groups in total. The Kier molecular flexibility index (Phi) is 10.5. The quantitative estimate of drug-likeness (QED) is 0.309. The van der Waals surface area contributed by atoms with Gasteiger partial charge in [-0.25, -0.2) is 17.5 Å². The number of hydrogen-bond acceptors (Lipinski definition) is 5. The fourth-order valence-corrected chi connectivity index (χ4v) is 4.63. The Hall–Kier alpha value is -3.23. The van der Waals surface area contributed by atoms with E-state index in [-0.39, 0.29) is 11.3 Å². The van der Waals surface area contributed by atoms with Crippen LogP contribution in [0.2, 0.25) is 0 Å². The number of carbonyl (C=O) groups is 1. The van der Waals surface area contributed by atoms with E-state index in [2.05, 4.69) is 29.6 Å². The summed E-state index contributed by atoms with van der Waals surface area (Å²) >= 11 is 0. The van der Waals surface area contributed by atoms with Gasteiger partial charge in [-0.3, -0.25) is 4.79 Å². The second-order valence-corrected chi connectivity index (χ2v) is 10.3. The van der Waals surface area contributed by atoms with Crippen molar-refractivity contribution < 1.29 is 22.3 Å². The number of hydrogen-bond donors (Lipinski definition) is 2. The van der Waals surface area contributed by atoms with Crippen molar-refractivity contribution in [2.24, 2.45) is 0 Å². The van der Waals surface area contributed by atoms with Crippen molar-refractivity contribution in [1.29, 1.82) is 0 Å². The van der Waals surface area contributed by atoms with Crippen LogP contribution in [0.1, 0.15) is 36.0 Å². The van der Waals surface area contributed by atoms with E-state index in [9.17, 15) is 17.6 Å². The standard InChI is InChI=1S/C28H33FN2O4S/c1-22-11-16-26(21-27(22)29)36(33,34)31-28(32)17-19-30-18-5-9-24-12-14-25(15-13-24)35-20-6-10-23-7-3-2-4-8-23/h2-4,7-8,11-16,21,30H,5-6,9-10,17-20H2,1H3,(H,31,32). The third kappa shape index (κ3) is 9.09. The molecular formula is C28H33FN2O4S. The van der Waals surface area contributed by atoms with E-state index in [4.69, 9.17) is 4.74 Å². The van der Waals surface area contributed by atoms with E-state index >= 15 is 0 Å². The van der Waals surface area contributed by atoms with Crippen LogP contribution in [0.25, 0.3) is 0 Å².